The summed E-state index contributed by atoms with van der Waals surface area (Å²) in [5.41, 5.74) is 1.54. The molecule has 0 aromatic heterocycles. The van der Waals surface area contributed by atoms with Crippen molar-refractivity contribution in [1.82, 2.24) is 10.2 Å². The van der Waals surface area contributed by atoms with Crippen LogP contribution in [0.2, 0.25) is 0 Å². The minimum atomic E-state index is -0.910. The number of para-hydroxylation sites is 1. The summed E-state index contributed by atoms with van der Waals surface area (Å²) in [6.07, 6.45) is 0.291. The van der Waals surface area contributed by atoms with Crippen LogP contribution in [-0.4, -0.2) is 31.0 Å². The number of benzene rings is 2. The molecule has 0 spiro atoms. The Morgan fingerprint density at radius 1 is 1.19 bits per heavy atom. The quantitative estimate of drug-likeness (QED) is 0.886. The highest BCUT2D eigenvalue weighted by atomic mass is 19.2. The van der Waals surface area contributed by atoms with Crippen molar-refractivity contribution in [2.45, 2.75) is 31.5 Å². The molecule has 0 bridgehead atoms. The first kappa shape index (κ1) is 18.3. The highest BCUT2D eigenvalue weighted by Gasteiger charge is 2.39. The van der Waals surface area contributed by atoms with Gasteiger partial charge in [-0.1, -0.05) is 24.3 Å². The number of carbonyl (C=O) groups is 1. The molecule has 3 rings (SSSR count). The summed E-state index contributed by atoms with van der Waals surface area (Å²) in [6, 6.07) is 10.8. The van der Waals surface area contributed by atoms with E-state index in [2.05, 4.69) is 5.32 Å². The second-order valence-electron chi connectivity index (χ2n) is 6.56. The van der Waals surface area contributed by atoms with E-state index in [-0.39, 0.29) is 24.0 Å². The molecule has 4 nitrogen and oxygen atoms in total. The van der Waals surface area contributed by atoms with E-state index in [1.54, 1.807) is 19.1 Å². The third-order valence-corrected chi connectivity index (χ3v) is 4.94. The smallest absolute Gasteiger partial charge is 0.224 e. The number of nitrogens with zero attached hydrogens (tertiary/aromatic N) is 1. The first-order valence-electron chi connectivity index (χ1n) is 8.52. The van der Waals surface area contributed by atoms with Crippen molar-refractivity contribution in [1.29, 1.82) is 0 Å². The molecule has 1 N–H and O–H groups in total. The molecule has 1 heterocycles. The first-order valence-corrected chi connectivity index (χ1v) is 8.52. The zero-order valence-electron chi connectivity index (χ0n) is 15.0. The molecule has 3 atom stereocenters. The highest BCUT2D eigenvalue weighted by molar-refractivity contribution is 5.80. The van der Waals surface area contributed by atoms with E-state index in [0.29, 0.717) is 12.0 Å². The Bertz CT molecular complexity index is 812. The van der Waals surface area contributed by atoms with Gasteiger partial charge in [-0.3, -0.25) is 4.79 Å². The molecule has 3 unspecified atom stereocenters. The van der Waals surface area contributed by atoms with Crippen molar-refractivity contribution < 1.29 is 18.3 Å². The molecule has 1 amide bonds. The Balaban J connectivity index is 1.87. The summed E-state index contributed by atoms with van der Waals surface area (Å²) in [4.78, 5) is 13.8. The Morgan fingerprint density at radius 2 is 1.92 bits per heavy atom. The van der Waals surface area contributed by atoms with E-state index in [1.165, 1.54) is 6.07 Å². The molecule has 2 aromatic rings. The van der Waals surface area contributed by atoms with E-state index in [0.717, 1.165) is 23.4 Å². The second kappa shape index (κ2) is 7.41. The van der Waals surface area contributed by atoms with Gasteiger partial charge >= 0.3 is 0 Å². The van der Waals surface area contributed by atoms with Crippen LogP contribution in [0.1, 0.15) is 36.6 Å². The largest absolute Gasteiger partial charge is 0.496 e. The fourth-order valence-electron chi connectivity index (χ4n) is 3.61. The van der Waals surface area contributed by atoms with Gasteiger partial charge in [-0.2, -0.15) is 0 Å². The molecule has 1 fully saturated rings. The van der Waals surface area contributed by atoms with Gasteiger partial charge < -0.3 is 15.0 Å². The van der Waals surface area contributed by atoms with Crippen LogP contribution in [0.25, 0.3) is 0 Å². The number of methoxy groups -OCH3 is 1. The van der Waals surface area contributed by atoms with Gasteiger partial charge in [0.2, 0.25) is 5.91 Å². The summed E-state index contributed by atoms with van der Waals surface area (Å²) in [5, 5.41) is 3.45. The molecule has 1 aliphatic rings. The van der Waals surface area contributed by atoms with Crippen LogP contribution >= 0.6 is 0 Å². The lowest BCUT2D eigenvalue weighted by Gasteiger charge is -2.29. The molecular weight excluding hydrogens is 338 g/mol. The summed E-state index contributed by atoms with van der Waals surface area (Å²) in [7, 11) is 3.30. The van der Waals surface area contributed by atoms with Crippen LogP contribution < -0.4 is 10.1 Å². The van der Waals surface area contributed by atoms with E-state index in [1.807, 2.05) is 31.2 Å². The molecule has 0 aliphatic carbocycles. The summed E-state index contributed by atoms with van der Waals surface area (Å²) in [6.45, 7) is 1.99. The maximum atomic E-state index is 13.7. The number of amides is 1. The van der Waals surface area contributed by atoms with Gasteiger partial charge in [-0.15, -0.1) is 0 Å². The third-order valence-electron chi connectivity index (χ3n) is 4.94. The molecular formula is C20H22F2N2O2. The van der Waals surface area contributed by atoms with Crippen molar-refractivity contribution in [2.75, 3.05) is 14.2 Å². The van der Waals surface area contributed by atoms with Crippen LogP contribution in [0.4, 0.5) is 8.78 Å². The van der Waals surface area contributed by atoms with Crippen LogP contribution in [0.3, 0.4) is 0 Å². The molecule has 0 radical (unpaired) electrons. The van der Waals surface area contributed by atoms with Crippen molar-refractivity contribution in [3.05, 3.63) is 65.2 Å². The zero-order chi connectivity index (χ0) is 18.8. The number of likely N-dealkylation sites (tertiary alicyclic amines) is 1. The molecule has 1 saturated heterocycles. The van der Waals surface area contributed by atoms with Gasteiger partial charge in [0.15, 0.2) is 11.6 Å². The van der Waals surface area contributed by atoms with Crippen LogP contribution in [0.5, 0.6) is 5.75 Å². The summed E-state index contributed by atoms with van der Waals surface area (Å²) < 4.78 is 32.4. The molecule has 6 heteroatoms. The zero-order valence-corrected chi connectivity index (χ0v) is 15.0. The lowest BCUT2D eigenvalue weighted by molar-refractivity contribution is -0.127. The van der Waals surface area contributed by atoms with Gasteiger partial charge in [0.1, 0.15) is 5.75 Å². The van der Waals surface area contributed by atoms with Crippen molar-refractivity contribution in [3.63, 3.8) is 0 Å². The normalized spacial score (nSPS) is 21.1. The number of ether oxygens (including phenoxy) is 1. The first-order chi connectivity index (χ1) is 12.4. The SMILES string of the molecule is COc1ccccc1C(C)NC1CC(=O)N(C)C1c1ccc(F)c(F)c1. The Labute approximate surface area is 151 Å². The minimum absolute atomic E-state index is 0.0375. The summed E-state index contributed by atoms with van der Waals surface area (Å²) in [5.74, 6) is -1.08. The average molecular weight is 360 g/mol. The number of nitrogens with one attached hydrogen (secondary N) is 1. The van der Waals surface area contributed by atoms with E-state index in [4.69, 9.17) is 4.74 Å². The fourth-order valence-corrected chi connectivity index (χ4v) is 3.61. The topological polar surface area (TPSA) is 41.6 Å². The molecule has 138 valence electrons. The number of hydrogen-bond donors (Lipinski definition) is 1. The third kappa shape index (κ3) is 3.42. The van der Waals surface area contributed by atoms with Gasteiger partial charge in [-0.05, 0) is 30.7 Å². The Morgan fingerprint density at radius 3 is 2.62 bits per heavy atom. The van der Waals surface area contributed by atoms with Crippen LogP contribution in [0.15, 0.2) is 42.5 Å². The monoisotopic (exact) mass is 360 g/mol. The number of carbonyl (C=O) groups excluding carboxylic acids is 1. The van der Waals surface area contributed by atoms with E-state index < -0.39 is 11.6 Å². The summed E-state index contributed by atoms with van der Waals surface area (Å²) >= 11 is 0. The number of halogens is 2. The van der Waals surface area contributed by atoms with Gasteiger partial charge in [-0.25, -0.2) is 8.78 Å². The van der Waals surface area contributed by atoms with Crippen molar-refractivity contribution in [2.24, 2.45) is 0 Å². The number of hydrogen-bond acceptors (Lipinski definition) is 3. The standard InChI is InChI=1S/C20H22F2N2O2/c1-12(14-6-4-5-7-18(14)26-3)23-17-11-19(25)24(2)20(17)13-8-9-15(21)16(22)10-13/h4-10,12,17,20,23H,11H2,1-3H3. The lowest BCUT2D eigenvalue weighted by atomic mass is 9.98. The Kier molecular flexibility index (Phi) is 5.23. The van der Waals surface area contributed by atoms with Crippen LogP contribution in [0, 0.1) is 11.6 Å². The highest BCUT2D eigenvalue weighted by Crippen LogP contribution is 2.35. The van der Waals surface area contributed by atoms with Crippen molar-refractivity contribution in [3.8, 4) is 5.75 Å². The van der Waals surface area contributed by atoms with Gasteiger partial charge in [0.25, 0.3) is 0 Å². The average Bonchev–Trinajstić information content (AvgIpc) is 2.91. The molecule has 2 aromatic carbocycles. The van der Waals surface area contributed by atoms with Gasteiger partial charge in [0, 0.05) is 31.1 Å². The van der Waals surface area contributed by atoms with Gasteiger partial charge in [0.05, 0.1) is 13.2 Å². The maximum absolute atomic E-state index is 13.7. The predicted molar refractivity (Wildman–Crippen MR) is 94.8 cm³/mol. The molecule has 1 aliphatic heterocycles. The predicted octanol–water partition coefficient (Wildman–Crippen LogP) is 3.60. The molecule has 26 heavy (non-hydrogen) atoms. The number of likely N-dealkylation sites (N-methyl/N-ethyl adjacent to an activating group) is 1. The maximum Gasteiger partial charge on any atom is 0.224 e. The molecule has 0 saturated carbocycles. The minimum Gasteiger partial charge on any atom is -0.496 e. The lowest BCUT2D eigenvalue weighted by Crippen LogP contribution is -2.36. The van der Waals surface area contributed by atoms with E-state index >= 15 is 0 Å². The second-order valence-corrected chi connectivity index (χ2v) is 6.56. The number of rotatable bonds is 5. The van der Waals surface area contributed by atoms with Crippen molar-refractivity contribution >= 4 is 5.91 Å². The Hall–Kier alpha value is -2.47. The fraction of sp³-hybridized carbons (Fsp3) is 0.350. The van der Waals surface area contributed by atoms with E-state index in [9.17, 15) is 13.6 Å². The van der Waals surface area contributed by atoms with Crippen LogP contribution in [-0.2, 0) is 4.79 Å².